The summed E-state index contributed by atoms with van der Waals surface area (Å²) in [5, 5.41) is 4.05. The molecule has 0 saturated carbocycles. The minimum absolute atomic E-state index is 0.0304. The van der Waals surface area contributed by atoms with E-state index in [1.54, 1.807) is 18.2 Å². The van der Waals surface area contributed by atoms with Gasteiger partial charge in [0.05, 0.1) is 6.04 Å². The number of carbonyl (C=O) groups excluding carboxylic acids is 1. The van der Waals surface area contributed by atoms with E-state index in [1.165, 1.54) is 12.1 Å². The van der Waals surface area contributed by atoms with E-state index in [-0.39, 0.29) is 17.8 Å². The van der Waals surface area contributed by atoms with Crippen LogP contribution in [0, 0.1) is 12.7 Å². The van der Waals surface area contributed by atoms with E-state index in [0.717, 1.165) is 35.4 Å². The number of halogens is 1. The molecule has 1 aliphatic rings. The Labute approximate surface area is 134 Å². The fourth-order valence-corrected chi connectivity index (χ4v) is 2.94. The van der Waals surface area contributed by atoms with Gasteiger partial charge in [-0.1, -0.05) is 17.3 Å². The van der Waals surface area contributed by atoms with Gasteiger partial charge in [0.15, 0.2) is 0 Å². The first-order chi connectivity index (χ1) is 11.0. The molecule has 2 aromatic rings. The Bertz CT molecular complexity index is 734. The van der Waals surface area contributed by atoms with Crippen LogP contribution in [0.3, 0.4) is 0 Å². The number of aromatic nitrogens is 1. The summed E-state index contributed by atoms with van der Waals surface area (Å²) in [6, 6.07) is 8.00. The summed E-state index contributed by atoms with van der Waals surface area (Å²) in [7, 11) is 0. The summed E-state index contributed by atoms with van der Waals surface area (Å²) in [6.45, 7) is 4.41. The molecule has 4 nitrogen and oxygen atoms in total. The van der Waals surface area contributed by atoms with Gasteiger partial charge in [0.1, 0.15) is 17.3 Å². The first-order valence-corrected chi connectivity index (χ1v) is 7.72. The highest BCUT2D eigenvalue weighted by Gasteiger charge is 2.31. The van der Waals surface area contributed by atoms with Crippen molar-refractivity contribution in [1.29, 1.82) is 0 Å². The molecule has 1 aromatic heterocycles. The van der Waals surface area contributed by atoms with Crippen molar-refractivity contribution in [3.63, 3.8) is 0 Å². The number of benzene rings is 1. The van der Waals surface area contributed by atoms with Gasteiger partial charge in [0.25, 0.3) is 0 Å². The van der Waals surface area contributed by atoms with Gasteiger partial charge in [-0.25, -0.2) is 4.39 Å². The maximum Gasteiger partial charge on any atom is 0.247 e. The lowest BCUT2D eigenvalue weighted by Crippen LogP contribution is -2.29. The lowest BCUT2D eigenvalue weighted by atomic mass is 10.1. The summed E-state index contributed by atoms with van der Waals surface area (Å²) in [5.74, 6) is 0.418. The minimum Gasteiger partial charge on any atom is -0.361 e. The molecule has 5 heteroatoms. The summed E-state index contributed by atoms with van der Waals surface area (Å²) < 4.78 is 18.1. The number of aryl methyl sites for hydroxylation is 1. The van der Waals surface area contributed by atoms with Crippen molar-refractivity contribution < 1.29 is 13.7 Å². The van der Waals surface area contributed by atoms with Gasteiger partial charge in [0, 0.05) is 18.7 Å². The second-order valence-corrected chi connectivity index (χ2v) is 5.89. The number of amides is 1. The standard InChI is InChI=1S/C18H19FN2O2/c1-12(14-5-7-15(19)8-6-14)10-18(22)21-9-3-4-17(21)16-11-13(2)23-20-16/h5-8,10-11,17H,3-4,9H2,1-2H3. The van der Waals surface area contributed by atoms with Crippen molar-refractivity contribution in [1.82, 2.24) is 10.1 Å². The highest BCUT2D eigenvalue weighted by Crippen LogP contribution is 2.32. The van der Waals surface area contributed by atoms with Crippen LogP contribution in [-0.2, 0) is 4.79 Å². The normalized spacial score (nSPS) is 18.5. The van der Waals surface area contributed by atoms with Crippen LogP contribution in [0.15, 0.2) is 40.9 Å². The van der Waals surface area contributed by atoms with E-state index >= 15 is 0 Å². The third-order valence-electron chi connectivity index (χ3n) is 4.16. The van der Waals surface area contributed by atoms with Crippen LogP contribution in [-0.4, -0.2) is 22.5 Å². The number of nitrogens with zero attached hydrogens (tertiary/aromatic N) is 2. The molecule has 1 fully saturated rings. The molecule has 0 spiro atoms. The molecule has 0 N–H and O–H groups in total. The third-order valence-corrected chi connectivity index (χ3v) is 4.16. The summed E-state index contributed by atoms with van der Waals surface area (Å²) in [4.78, 5) is 14.4. The van der Waals surface area contributed by atoms with Gasteiger partial charge < -0.3 is 9.42 Å². The van der Waals surface area contributed by atoms with Crippen LogP contribution in [0.2, 0.25) is 0 Å². The predicted octanol–water partition coefficient (Wildman–Crippen LogP) is 3.89. The largest absolute Gasteiger partial charge is 0.361 e. The first kappa shape index (κ1) is 15.5. The summed E-state index contributed by atoms with van der Waals surface area (Å²) in [5.41, 5.74) is 2.46. The zero-order valence-electron chi connectivity index (χ0n) is 13.3. The van der Waals surface area contributed by atoms with Gasteiger partial charge in [-0.05, 0) is 50.0 Å². The Morgan fingerprint density at radius 3 is 2.78 bits per heavy atom. The third kappa shape index (κ3) is 3.33. The van der Waals surface area contributed by atoms with Crippen LogP contribution in [0.5, 0.6) is 0 Å². The van der Waals surface area contributed by atoms with Gasteiger partial charge >= 0.3 is 0 Å². The Morgan fingerprint density at radius 2 is 2.13 bits per heavy atom. The smallest absolute Gasteiger partial charge is 0.247 e. The minimum atomic E-state index is -0.283. The summed E-state index contributed by atoms with van der Waals surface area (Å²) >= 11 is 0. The lowest BCUT2D eigenvalue weighted by Gasteiger charge is -2.21. The lowest BCUT2D eigenvalue weighted by molar-refractivity contribution is -0.126. The highest BCUT2D eigenvalue weighted by molar-refractivity contribution is 5.95. The van der Waals surface area contributed by atoms with Crippen LogP contribution < -0.4 is 0 Å². The van der Waals surface area contributed by atoms with Gasteiger partial charge in [-0.2, -0.15) is 0 Å². The van der Waals surface area contributed by atoms with Gasteiger partial charge in [0.2, 0.25) is 5.91 Å². The molecule has 3 rings (SSSR count). The average molecular weight is 314 g/mol. The molecule has 1 amide bonds. The zero-order valence-corrected chi connectivity index (χ0v) is 13.3. The fraction of sp³-hybridized carbons (Fsp3) is 0.333. The van der Waals surface area contributed by atoms with Crippen molar-refractivity contribution in [3.8, 4) is 0 Å². The second-order valence-electron chi connectivity index (χ2n) is 5.89. The molecule has 1 unspecified atom stereocenters. The fourth-order valence-electron chi connectivity index (χ4n) is 2.94. The van der Waals surface area contributed by atoms with E-state index in [9.17, 15) is 9.18 Å². The molecular weight excluding hydrogens is 295 g/mol. The van der Waals surface area contributed by atoms with Crippen LogP contribution in [0.1, 0.15) is 42.8 Å². The monoisotopic (exact) mass is 314 g/mol. The number of hydrogen-bond acceptors (Lipinski definition) is 3. The topological polar surface area (TPSA) is 46.3 Å². The van der Waals surface area contributed by atoms with Gasteiger partial charge in [-0.3, -0.25) is 4.79 Å². The van der Waals surface area contributed by atoms with E-state index < -0.39 is 0 Å². The molecule has 2 heterocycles. The molecule has 23 heavy (non-hydrogen) atoms. The first-order valence-electron chi connectivity index (χ1n) is 7.72. The number of likely N-dealkylation sites (tertiary alicyclic amines) is 1. The van der Waals surface area contributed by atoms with E-state index in [4.69, 9.17) is 4.52 Å². The number of rotatable bonds is 3. The molecule has 0 bridgehead atoms. The molecular formula is C18H19FN2O2. The molecule has 120 valence electrons. The Kier molecular flexibility index (Phi) is 4.28. The van der Waals surface area contributed by atoms with Crippen molar-refractivity contribution in [2.75, 3.05) is 6.54 Å². The van der Waals surface area contributed by atoms with Crippen LogP contribution >= 0.6 is 0 Å². The zero-order chi connectivity index (χ0) is 16.4. The molecule has 1 saturated heterocycles. The van der Waals surface area contributed by atoms with E-state index in [0.29, 0.717) is 6.54 Å². The maximum absolute atomic E-state index is 13.0. The number of hydrogen-bond donors (Lipinski definition) is 0. The maximum atomic E-state index is 13.0. The van der Waals surface area contributed by atoms with Crippen molar-refractivity contribution >= 4 is 11.5 Å². The van der Waals surface area contributed by atoms with Crippen molar-refractivity contribution in [2.24, 2.45) is 0 Å². The number of carbonyl (C=O) groups is 1. The Morgan fingerprint density at radius 1 is 1.39 bits per heavy atom. The SMILES string of the molecule is CC(=CC(=O)N1CCCC1c1cc(C)on1)c1ccc(F)cc1. The Balaban J connectivity index is 1.78. The quantitative estimate of drug-likeness (QED) is 0.808. The van der Waals surface area contributed by atoms with Crippen LogP contribution in [0.25, 0.3) is 5.57 Å². The van der Waals surface area contributed by atoms with E-state index in [1.807, 2.05) is 24.8 Å². The second kappa shape index (κ2) is 6.36. The summed E-state index contributed by atoms with van der Waals surface area (Å²) in [6.07, 6.45) is 3.45. The van der Waals surface area contributed by atoms with Crippen molar-refractivity contribution in [3.05, 3.63) is 59.2 Å². The average Bonchev–Trinajstić information content (AvgIpc) is 3.16. The molecule has 1 atom stereocenters. The highest BCUT2D eigenvalue weighted by atomic mass is 19.1. The Hall–Kier alpha value is -2.43. The van der Waals surface area contributed by atoms with Crippen molar-refractivity contribution in [2.45, 2.75) is 32.7 Å². The predicted molar refractivity (Wildman–Crippen MR) is 85.0 cm³/mol. The molecule has 1 aromatic carbocycles. The van der Waals surface area contributed by atoms with E-state index in [2.05, 4.69) is 5.16 Å². The molecule has 0 aliphatic carbocycles. The molecule has 0 radical (unpaired) electrons. The van der Waals surface area contributed by atoms with Gasteiger partial charge in [-0.15, -0.1) is 0 Å². The van der Waals surface area contributed by atoms with Crippen LogP contribution in [0.4, 0.5) is 4.39 Å². The molecule has 1 aliphatic heterocycles. The number of allylic oxidation sites excluding steroid dienone is 1.